The van der Waals surface area contributed by atoms with E-state index in [9.17, 15) is 15.0 Å². The fourth-order valence-corrected chi connectivity index (χ4v) is 3.59. The highest BCUT2D eigenvalue weighted by Crippen LogP contribution is 2.51. The van der Waals surface area contributed by atoms with Gasteiger partial charge in [0.25, 0.3) is 0 Å². The molecule has 0 aliphatic carbocycles. The minimum Gasteiger partial charge on any atom is -0.503 e. The number of phenols is 2. The van der Waals surface area contributed by atoms with E-state index in [0.29, 0.717) is 32.1 Å². The van der Waals surface area contributed by atoms with E-state index >= 15 is 0 Å². The van der Waals surface area contributed by atoms with E-state index in [0.717, 1.165) is 6.42 Å². The summed E-state index contributed by atoms with van der Waals surface area (Å²) in [5.74, 6) is -0.544. The van der Waals surface area contributed by atoms with E-state index in [2.05, 4.69) is 47.8 Å². The molecule has 0 aromatic heterocycles. The third-order valence-electron chi connectivity index (χ3n) is 2.59. The van der Waals surface area contributed by atoms with Crippen molar-refractivity contribution in [2.45, 2.75) is 12.8 Å². The summed E-state index contributed by atoms with van der Waals surface area (Å²) in [6.45, 7) is 0.604. The van der Waals surface area contributed by atoms with Crippen LogP contribution in [0.1, 0.15) is 12.8 Å². The molecule has 0 unspecified atom stereocenters. The topological polar surface area (TPSA) is 60.8 Å². The van der Waals surface area contributed by atoms with E-state index in [-0.39, 0.29) is 17.4 Å². The smallest absolute Gasteiger partial charge is 0.227 e. The van der Waals surface area contributed by atoms with Gasteiger partial charge >= 0.3 is 0 Å². The zero-order valence-corrected chi connectivity index (χ0v) is 13.3. The molecular weight excluding hydrogens is 422 g/mol. The van der Waals surface area contributed by atoms with Gasteiger partial charge in [0.2, 0.25) is 5.91 Å². The molecule has 0 spiro atoms. The maximum absolute atomic E-state index is 11.7. The molecule has 0 saturated carbocycles. The van der Waals surface area contributed by atoms with E-state index < -0.39 is 0 Å². The Morgan fingerprint density at radius 3 is 2.12 bits per heavy atom. The Hall–Kier alpha value is -0.270. The van der Waals surface area contributed by atoms with Crippen LogP contribution in [0.2, 0.25) is 0 Å². The second kappa shape index (κ2) is 4.78. The molecule has 0 atom stereocenters. The fourth-order valence-electron chi connectivity index (χ4n) is 1.75. The first-order valence-corrected chi connectivity index (χ1v) is 7.21. The minimum atomic E-state index is -0.283. The lowest BCUT2D eigenvalue weighted by Gasteiger charge is -2.21. The number of hydrogen-bond donors (Lipinski definition) is 2. The van der Waals surface area contributed by atoms with Crippen LogP contribution >= 0.6 is 47.8 Å². The number of rotatable bonds is 1. The van der Waals surface area contributed by atoms with Crippen molar-refractivity contribution in [1.82, 2.24) is 0 Å². The number of anilines is 1. The average molecular weight is 430 g/mol. The Labute approximate surface area is 123 Å². The Bertz CT molecular complexity index is 475. The first-order chi connectivity index (χ1) is 7.95. The molecule has 2 rings (SSSR count). The van der Waals surface area contributed by atoms with Crippen molar-refractivity contribution in [2.75, 3.05) is 11.4 Å². The van der Waals surface area contributed by atoms with Crippen LogP contribution in [0.3, 0.4) is 0 Å². The van der Waals surface area contributed by atoms with Gasteiger partial charge in [-0.1, -0.05) is 0 Å². The Balaban J connectivity index is 2.65. The molecule has 92 valence electrons. The third kappa shape index (κ3) is 2.08. The van der Waals surface area contributed by atoms with Crippen LogP contribution < -0.4 is 4.90 Å². The Morgan fingerprint density at radius 1 is 1.00 bits per heavy atom. The standard InChI is InChI=1S/C10H8Br3NO3/c11-5-6(12)9(16)10(17)7(13)8(5)14-3-1-2-4(14)15/h16-17H,1-3H2. The summed E-state index contributed by atoms with van der Waals surface area (Å²) in [4.78, 5) is 13.3. The molecule has 4 nitrogen and oxygen atoms in total. The molecule has 7 heteroatoms. The lowest BCUT2D eigenvalue weighted by Crippen LogP contribution is -2.24. The second-order valence-corrected chi connectivity index (χ2v) is 6.02. The van der Waals surface area contributed by atoms with Crippen LogP contribution in [0.5, 0.6) is 11.5 Å². The predicted molar refractivity (Wildman–Crippen MR) is 74.5 cm³/mol. The molecule has 1 aromatic carbocycles. The summed E-state index contributed by atoms with van der Waals surface area (Å²) in [7, 11) is 0. The number of halogens is 3. The molecule has 0 bridgehead atoms. The van der Waals surface area contributed by atoms with Crippen molar-refractivity contribution in [3.63, 3.8) is 0 Å². The quantitative estimate of drug-likeness (QED) is 0.530. The summed E-state index contributed by atoms with van der Waals surface area (Å²) in [5, 5.41) is 19.4. The molecule has 0 radical (unpaired) electrons. The highest BCUT2D eigenvalue weighted by atomic mass is 79.9. The van der Waals surface area contributed by atoms with Crippen LogP contribution in [0.15, 0.2) is 13.4 Å². The molecule has 17 heavy (non-hydrogen) atoms. The minimum absolute atomic E-state index is 0.00314. The first kappa shape index (κ1) is 13.2. The number of carbonyl (C=O) groups is 1. The van der Waals surface area contributed by atoms with E-state index in [1.165, 1.54) is 0 Å². The van der Waals surface area contributed by atoms with Crippen LogP contribution in [0.4, 0.5) is 5.69 Å². The number of aromatic hydroxyl groups is 2. The third-order valence-corrected chi connectivity index (χ3v) is 5.42. The summed E-state index contributed by atoms with van der Waals surface area (Å²) < 4.78 is 1.17. The summed E-state index contributed by atoms with van der Waals surface area (Å²) >= 11 is 9.68. The highest BCUT2D eigenvalue weighted by molar-refractivity contribution is 9.13. The summed E-state index contributed by atoms with van der Waals surface area (Å²) in [6, 6.07) is 0. The number of amides is 1. The SMILES string of the molecule is O=C1CCCN1c1c(Br)c(O)c(O)c(Br)c1Br. The van der Waals surface area contributed by atoms with Gasteiger partial charge in [0, 0.05) is 13.0 Å². The largest absolute Gasteiger partial charge is 0.503 e. The van der Waals surface area contributed by atoms with Crippen LogP contribution in [-0.2, 0) is 4.79 Å². The fraction of sp³-hybridized carbons (Fsp3) is 0.300. The Morgan fingerprint density at radius 2 is 1.59 bits per heavy atom. The predicted octanol–water partition coefficient (Wildman–Crippen LogP) is 3.51. The monoisotopic (exact) mass is 427 g/mol. The van der Waals surface area contributed by atoms with Gasteiger partial charge in [-0.05, 0) is 54.2 Å². The van der Waals surface area contributed by atoms with Crippen molar-refractivity contribution in [1.29, 1.82) is 0 Å². The zero-order chi connectivity index (χ0) is 12.7. The zero-order valence-electron chi connectivity index (χ0n) is 8.51. The molecule has 2 N–H and O–H groups in total. The molecule has 1 aromatic rings. The van der Waals surface area contributed by atoms with Crippen molar-refractivity contribution in [3.8, 4) is 11.5 Å². The van der Waals surface area contributed by atoms with Gasteiger partial charge in [0.15, 0.2) is 11.5 Å². The molecule has 1 aliphatic rings. The van der Waals surface area contributed by atoms with Gasteiger partial charge in [0.05, 0.1) is 19.1 Å². The highest BCUT2D eigenvalue weighted by Gasteiger charge is 2.29. The Kier molecular flexibility index (Phi) is 3.70. The maximum atomic E-state index is 11.7. The molecule has 1 saturated heterocycles. The molecule has 1 aliphatic heterocycles. The number of hydrogen-bond acceptors (Lipinski definition) is 3. The molecule has 1 amide bonds. The van der Waals surface area contributed by atoms with Gasteiger partial charge in [-0.3, -0.25) is 4.79 Å². The van der Waals surface area contributed by atoms with E-state index in [1.807, 2.05) is 0 Å². The maximum Gasteiger partial charge on any atom is 0.227 e. The number of carbonyl (C=O) groups excluding carboxylic acids is 1. The van der Waals surface area contributed by atoms with Crippen molar-refractivity contribution >= 4 is 59.4 Å². The molecule has 1 heterocycles. The number of nitrogens with zero attached hydrogens (tertiary/aromatic N) is 1. The second-order valence-electron chi connectivity index (χ2n) is 3.64. The normalized spacial score (nSPS) is 15.7. The van der Waals surface area contributed by atoms with Crippen molar-refractivity contribution in [2.24, 2.45) is 0 Å². The van der Waals surface area contributed by atoms with Crippen molar-refractivity contribution < 1.29 is 15.0 Å². The van der Waals surface area contributed by atoms with Crippen LogP contribution in [0, 0.1) is 0 Å². The number of benzene rings is 1. The first-order valence-electron chi connectivity index (χ1n) is 4.84. The van der Waals surface area contributed by atoms with Gasteiger partial charge in [0.1, 0.15) is 0 Å². The summed E-state index contributed by atoms with van der Waals surface area (Å²) in [5.41, 5.74) is 0.537. The lowest BCUT2D eigenvalue weighted by molar-refractivity contribution is -0.117. The number of phenolic OH excluding ortho intramolecular Hbond substituents is 2. The van der Waals surface area contributed by atoms with Gasteiger partial charge in [-0.25, -0.2) is 0 Å². The van der Waals surface area contributed by atoms with Crippen LogP contribution in [-0.4, -0.2) is 22.7 Å². The van der Waals surface area contributed by atoms with Gasteiger partial charge in [-0.2, -0.15) is 0 Å². The van der Waals surface area contributed by atoms with Gasteiger partial charge in [-0.15, -0.1) is 0 Å². The lowest BCUT2D eigenvalue weighted by atomic mass is 10.2. The average Bonchev–Trinajstić information content (AvgIpc) is 2.71. The summed E-state index contributed by atoms with van der Waals surface area (Å²) in [6.07, 6.45) is 1.29. The molecular formula is C10H8Br3NO3. The molecule has 1 fully saturated rings. The van der Waals surface area contributed by atoms with Crippen molar-refractivity contribution in [3.05, 3.63) is 13.4 Å². The van der Waals surface area contributed by atoms with E-state index in [1.54, 1.807) is 4.90 Å². The van der Waals surface area contributed by atoms with Crippen LogP contribution in [0.25, 0.3) is 0 Å². The van der Waals surface area contributed by atoms with E-state index in [4.69, 9.17) is 0 Å². The van der Waals surface area contributed by atoms with Gasteiger partial charge < -0.3 is 15.1 Å².